The molecule has 2 fully saturated rings. The summed E-state index contributed by atoms with van der Waals surface area (Å²) < 4.78 is 5.31. The molecule has 2 aliphatic rings. The topological polar surface area (TPSA) is 44.8 Å². The van der Waals surface area contributed by atoms with E-state index in [1.807, 2.05) is 11.8 Å². The van der Waals surface area contributed by atoms with Crippen molar-refractivity contribution in [2.75, 3.05) is 39.4 Å². The molecule has 2 rings (SSSR count). The van der Waals surface area contributed by atoms with Gasteiger partial charge in [-0.1, -0.05) is 0 Å². The van der Waals surface area contributed by atoms with Crippen molar-refractivity contribution >= 4 is 5.91 Å². The van der Waals surface area contributed by atoms with Gasteiger partial charge >= 0.3 is 0 Å². The summed E-state index contributed by atoms with van der Waals surface area (Å²) in [6, 6.07) is -0.0200. The van der Waals surface area contributed by atoms with Crippen LogP contribution in [-0.2, 0) is 9.53 Å². The Morgan fingerprint density at radius 2 is 2.00 bits per heavy atom. The molecule has 2 aliphatic heterocycles. The van der Waals surface area contributed by atoms with Gasteiger partial charge in [0.1, 0.15) is 0 Å². The summed E-state index contributed by atoms with van der Waals surface area (Å²) in [5, 5.41) is 3.25. The van der Waals surface area contributed by atoms with E-state index in [0.717, 1.165) is 45.8 Å². The van der Waals surface area contributed by atoms with E-state index < -0.39 is 0 Å². The predicted molar refractivity (Wildman–Crippen MR) is 65.6 cm³/mol. The summed E-state index contributed by atoms with van der Waals surface area (Å²) in [7, 11) is 0. The number of carbonyl (C=O) groups is 1. The molecule has 5 nitrogen and oxygen atoms in total. The van der Waals surface area contributed by atoms with Crippen LogP contribution in [0.5, 0.6) is 0 Å². The quantitative estimate of drug-likeness (QED) is 0.745. The fraction of sp³-hybridized carbons (Fsp3) is 0.917. The van der Waals surface area contributed by atoms with E-state index >= 15 is 0 Å². The maximum Gasteiger partial charge on any atom is 0.240 e. The molecule has 0 aromatic heterocycles. The lowest BCUT2D eigenvalue weighted by atomic mass is 10.3. The fourth-order valence-corrected chi connectivity index (χ4v) is 2.56. The molecule has 1 N–H and O–H groups in total. The molecule has 98 valence electrons. The van der Waals surface area contributed by atoms with Crippen LogP contribution in [0.2, 0.25) is 0 Å². The van der Waals surface area contributed by atoms with Gasteiger partial charge in [-0.05, 0) is 20.3 Å². The number of hydrogen-bond donors (Lipinski definition) is 1. The SMILES string of the molecule is CC1NC(C)N(CCCN2CCOCC2)C1=O. The zero-order valence-electron chi connectivity index (χ0n) is 10.8. The van der Waals surface area contributed by atoms with Crippen LogP contribution in [0.25, 0.3) is 0 Å². The minimum atomic E-state index is -0.0200. The van der Waals surface area contributed by atoms with E-state index in [4.69, 9.17) is 4.74 Å². The first-order valence-electron chi connectivity index (χ1n) is 6.55. The van der Waals surface area contributed by atoms with Crippen molar-refractivity contribution in [3.63, 3.8) is 0 Å². The van der Waals surface area contributed by atoms with Gasteiger partial charge < -0.3 is 9.64 Å². The molecule has 2 atom stereocenters. The molecular formula is C12H23N3O2. The monoisotopic (exact) mass is 241 g/mol. The average molecular weight is 241 g/mol. The maximum atomic E-state index is 11.8. The summed E-state index contributed by atoms with van der Waals surface area (Å²) in [5.41, 5.74) is 0. The zero-order valence-corrected chi connectivity index (χ0v) is 10.8. The number of rotatable bonds is 4. The van der Waals surface area contributed by atoms with Gasteiger partial charge in [-0.3, -0.25) is 15.0 Å². The third kappa shape index (κ3) is 3.18. The second-order valence-electron chi connectivity index (χ2n) is 4.90. The van der Waals surface area contributed by atoms with Gasteiger partial charge in [0.05, 0.1) is 25.4 Å². The van der Waals surface area contributed by atoms with Crippen molar-refractivity contribution in [3.8, 4) is 0 Å². The molecule has 2 unspecified atom stereocenters. The molecular weight excluding hydrogens is 218 g/mol. The van der Waals surface area contributed by atoms with E-state index in [-0.39, 0.29) is 18.1 Å². The van der Waals surface area contributed by atoms with Gasteiger partial charge in [-0.15, -0.1) is 0 Å². The summed E-state index contributed by atoms with van der Waals surface area (Å²) in [6.07, 6.45) is 1.23. The van der Waals surface area contributed by atoms with Gasteiger partial charge in [0, 0.05) is 26.2 Å². The van der Waals surface area contributed by atoms with Crippen molar-refractivity contribution in [2.45, 2.75) is 32.5 Å². The molecule has 0 saturated carbocycles. The number of morpholine rings is 1. The molecule has 5 heteroatoms. The average Bonchev–Trinajstić information content (AvgIpc) is 2.57. The highest BCUT2D eigenvalue weighted by molar-refractivity contribution is 5.83. The van der Waals surface area contributed by atoms with Crippen molar-refractivity contribution < 1.29 is 9.53 Å². The second kappa shape index (κ2) is 5.80. The third-order valence-corrected chi connectivity index (χ3v) is 3.59. The minimum Gasteiger partial charge on any atom is -0.379 e. The number of ether oxygens (including phenoxy) is 1. The van der Waals surface area contributed by atoms with Crippen molar-refractivity contribution in [2.24, 2.45) is 0 Å². The second-order valence-corrected chi connectivity index (χ2v) is 4.90. The standard InChI is InChI=1S/C12H23N3O2/c1-10-12(16)15(11(2)13-10)5-3-4-14-6-8-17-9-7-14/h10-11,13H,3-9H2,1-2H3. The first kappa shape index (κ1) is 12.8. The Morgan fingerprint density at radius 3 is 2.59 bits per heavy atom. The number of nitrogens with zero attached hydrogens (tertiary/aromatic N) is 2. The normalized spacial score (nSPS) is 31.2. The summed E-state index contributed by atoms with van der Waals surface area (Å²) in [4.78, 5) is 16.2. The highest BCUT2D eigenvalue weighted by Crippen LogP contribution is 2.10. The third-order valence-electron chi connectivity index (χ3n) is 3.59. The van der Waals surface area contributed by atoms with Gasteiger partial charge in [0.2, 0.25) is 5.91 Å². The number of carbonyl (C=O) groups excluding carboxylic acids is 1. The summed E-state index contributed by atoms with van der Waals surface area (Å²) in [5.74, 6) is 0.236. The minimum absolute atomic E-state index is 0.0200. The maximum absolute atomic E-state index is 11.8. The van der Waals surface area contributed by atoms with Crippen LogP contribution in [0.4, 0.5) is 0 Å². The van der Waals surface area contributed by atoms with Crippen molar-refractivity contribution in [1.82, 2.24) is 15.1 Å². The molecule has 0 bridgehead atoms. The van der Waals surface area contributed by atoms with Crippen LogP contribution in [0.3, 0.4) is 0 Å². The first-order valence-corrected chi connectivity index (χ1v) is 6.55. The van der Waals surface area contributed by atoms with Crippen LogP contribution in [-0.4, -0.2) is 67.3 Å². The van der Waals surface area contributed by atoms with Gasteiger partial charge in [0.25, 0.3) is 0 Å². The lowest BCUT2D eigenvalue weighted by molar-refractivity contribution is -0.129. The van der Waals surface area contributed by atoms with Crippen LogP contribution in [0, 0.1) is 0 Å². The largest absolute Gasteiger partial charge is 0.379 e. The molecule has 0 radical (unpaired) electrons. The zero-order chi connectivity index (χ0) is 12.3. The van der Waals surface area contributed by atoms with Crippen LogP contribution in [0.15, 0.2) is 0 Å². The Labute approximate surface area is 103 Å². The van der Waals surface area contributed by atoms with Crippen molar-refractivity contribution in [3.05, 3.63) is 0 Å². The molecule has 0 aromatic carbocycles. The van der Waals surface area contributed by atoms with Crippen LogP contribution >= 0.6 is 0 Å². The highest BCUT2D eigenvalue weighted by atomic mass is 16.5. The number of hydrogen-bond acceptors (Lipinski definition) is 4. The smallest absolute Gasteiger partial charge is 0.240 e. The molecule has 1 amide bonds. The Bertz CT molecular complexity index is 266. The molecule has 2 heterocycles. The molecule has 17 heavy (non-hydrogen) atoms. The van der Waals surface area contributed by atoms with Gasteiger partial charge in [-0.25, -0.2) is 0 Å². The predicted octanol–water partition coefficient (Wildman–Crippen LogP) is -0.125. The Hall–Kier alpha value is -0.650. The van der Waals surface area contributed by atoms with E-state index in [9.17, 15) is 4.79 Å². The molecule has 0 aromatic rings. The van der Waals surface area contributed by atoms with Gasteiger partial charge in [-0.2, -0.15) is 0 Å². The number of nitrogens with one attached hydrogen (secondary N) is 1. The Balaban J connectivity index is 1.69. The summed E-state index contributed by atoms with van der Waals surface area (Å²) >= 11 is 0. The lowest BCUT2D eigenvalue weighted by Gasteiger charge is -2.28. The van der Waals surface area contributed by atoms with Crippen molar-refractivity contribution in [1.29, 1.82) is 0 Å². The fourth-order valence-electron chi connectivity index (χ4n) is 2.56. The number of amides is 1. The first-order chi connectivity index (χ1) is 8.18. The van der Waals surface area contributed by atoms with Crippen LogP contribution < -0.4 is 5.32 Å². The van der Waals surface area contributed by atoms with E-state index in [1.165, 1.54) is 0 Å². The van der Waals surface area contributed by atoms with Gasteiger partial charge in [0.15, 0.2) is 0 Å². The lowest BCUT2D eigenvalue weighted by Crippen LogP contribution is -2.40. The molecule has 2 saturated heterocycles. The summed E-state index contributed by atoms with van der Waals surface area (Å²) in [6.45, 7) is 9.64. The highest BCUT2D eigenvalue weighted by Gasteiger charge is 2.32. The molecule has 0 spiro atoms. The van der Waals surface area contributed by atoms with E-state index in [1.54, 1.807) is 0 Å². The van der Waals surface area contributed by atoms with E-state index in [0.29, 0.717) is 0 Å². The molecule has 0 aliphatic carbocycles. The van der Waals surface area contributed by atoms with Crippen LogP contribution in [0.1, 0.15) is 20.3 Å². The Morgan fingerprint density at radius 1 is 1.29 bits per heavy atom. The van der Waals surface area contributed by atoms with E-state index in [2.05, 4.69) is 17.1 Å². The Kier molecular flexibility index (Phi) is 4.36.